The van der Waals surface area contributed by atoms with Crippen LogP contribution in [0.2, 0.25) is 0 Å². The average molecular weight is 363 g/mol. The Bertz CT molecular complexity index is 333. The molecule has 6 unspecified atom stereocenters. The molecule has 1 heterocycles. The van der Waals surface area contributed by atoms with Crippen molar-refractivity contribution in [3.63, 3.8) is 0 Å². The molecular weight excluding hydrogens is 326 g/mol. The number of ether oxygens (including phenoxy) is 1. The zero-order chi connectivity index (χ0) is 18.7. The van der Waals surface area contributed by atoms with Crippen LogP contribution in [0.15, 0.2) is 0 Å². The number of nitrogens with one attached hydrogen (secondary N) is 1. The van der Waals surface area contributed by atoms with E-state index >= 15 is 0 Å². The summed E-state index contributed by atoms with van der Waals surface area (Å²) in [4.78, 5) is 0. The molecule has 0 saturated carbocycles. The molecule has 25 heavy (non-hydrogen) atoms. The van der Waals surface area contributed by atoms with E-state index in [-0.39, 0.29) is 12.7 Å². The van der Waals surface area contributed by atoms with Gasteiger partial charge in [-0.3, -0.25) is 5.32 Å². The third kappa shape index (κ3) is 8.30. The Morgan fingerprint density at radius 3 is 1.96 bits per heavy atom. The minimum Gasteiger partial charge on any atom is -0.396 e. The first-order valence-corrected chi connectivity index (χ1v) is 9.63. The summed E-state index contributed by atoms with van der Waals surface area (Å²) in [5.41, 5.74) is 0. The summed E-state index contributed by atoms with van der Waals surface area (Å²) in [5.74, 6) is 0. The predicted molar refractivity (Wildman–Crippen MR) is 95.0 cm³/mol. The second kappa shape index (κ2) is 13.0. The van der Waals surface area contributed by atoms with Crippen molar-refractivity contribution in [1.29, 1.82) is 0 Å². The molecule has 7 heteroatoms. The van der Waals surface area contributed by atoms with Crippen LogP contribution in [0.3, 0.4) is 0 Å². The molecule has 0 bridgehead atoms. The van der Waals surface area contributed by atoms with E-state index in [2.05, 4.69) is 5.32 Å². The number of unbranched alkanes of at least 4 members (excludes halogenated alkanes) is 5. The lowest BCUT2D eigenvalue weighted by Crippen LogP contribution is -2.43. The Balaban J connectivity index is 2.01. The largest absolute Gasteiger partial charge is 0.396 e. The molecule has 150 valence electrons. The monoisotopic (exact) mass is 363 g/mol. The van der Waals surface area contributed by atoms with E-state index in [1.54, 1.807) is 0 Å². The number of rotatable bonds is 14. The van der Waals surface area contributed by atoms with Crippen LogP contribution in [0.1, 0.15) is 64.2 Å². The quantitative estimate of drug-likeness (QED) is 0.245. The van der Waals surface area contributed by atoms with Gasteiger partial charge in [-0.2, -0.15) is 0 Å². The summed E-state index contributed by atoms with van der Waals surface area (Å²) in [5, 5.41) is 51.2. The zero-order valence-electron chi connectivity index (χ0n) is 15.4. The van der Waals surface area contributed by atoms with Gasteiger partial charge in [0.05, 0.1) is 18.2 Å². The lowest BCUT2D eigenvalue weighted by molar-refractivity contribution is -0.0459. The van der Waals surface area contributed by atoms with Crippen molar-refractivity contribution in [3.8, 4) is 0 Å². The van der Waals surface area contributed by atoms with Gasteiger partial charge in [-0.25, -0.2) is 0 Å². The molecule has 6 N–H and O–H groups in total. The number of aliphatic hydroxyl groups is 5. The van der Waals surface area contributed by atoms with E-state index < -0.39 is 30.6 Å². The summed E-state index contributed by atoms with van der Waals surface area (Å²) < 4.78 is 5.03. The maximum absolute atomic E-state index is 10.2. The molecule has 7 nitrogen and oxygen atoms in total. The Labute approximate surface area is 151 Å². The number of methoxy groups -OCH3 is 1. The first-order valence-electron chi connectivity index (χ1n) is 9.63. The predicted octanol–water partition coefficient (Wildman–Crippen LogP) is 0.268. The first kappa shape index (κ1) is 22.8. The molecule has 0 aromatic carbocycles. The maximum Gasteiger partial charge on any atom is 0.136 e. The molecule has 0 spiro atoms. The highest BCUT2D eigenvalue weighted by Crippen LogP contribution is 2.21. The summed E-state index contributed by atoms with van der Waals surface area (Å²) in [6.45, 7) is 0.140. The highest BCUT2D eigenvalue weighted by atomic mass is 16.5. The van der Waals surface area contributed by atoms with Crippen LogP contribution in [0.5, 0.6) is 0 Å². The SMILES string of the molecule is COC1NC(C(O)CCCCCCCCC(O)CCCO)C(O)C1O. The van der Waals surface area contributed by atoms with Crippen LogP contribution >= 0.6 is 0 Å². The molecule has 1 aliphatic rings. The van der Waals surface area contributed by atoms with Crippen molar-refractivity contribution in [3.05, 3.63) is 0 Å². The molecule has 0 aliphatic carbocycles. The Kier molecular flexibility index (Phi) is 11.8. The highest BCUT2D eigenvalue weighted by Gasteiger charge is 2.44. The maximum atomic E-state index is 10.2. The Hall–Kier alpha value is -0.280. The van der Waals surface area contributed by atoms with Gasteiger partial charge in [0.2, 0.25) is 0 Å². The van der Waals surface area contributed by atoms with Gasteiger partial charge in [0.25, 0.3) is 0 Å². The summed E-state index contributed by atoms with van der Waals surface area (Å²) in [6, 6.07) is -0.555. The van der Waals surface area contributed by atoms with Crippen LogP contribution in [-0.4, -0.2) is 75.9 Å². The second-order valence-electron chi connectivity index (χ2n) is 7.12. The molecular formula is C18H37NO6. The normalized spacial score (nSPS) is 29.0. The van der Waals surface area contributed by atoms with Gasteiger partial charge >= 0.3 is 0 Å². The standard InChI is InChI=1S/C18H37NO6/c1-25-18-17(24)16(23)15(19-18)14(22)11-7-5-3-2-4-6-9-13(21)10-8-12-20/h13-24H,2-12H2,1H3. The molecule has 0 aromatic heterocycles. The fourth-order valence-corrected chi connectivity index (χ4v) is 3.42. The van der Waals surface area contributed by atoms with Gasteiger partial charge in [0, 0.05) is 13.7 Å². The molecule has 1 aliphatic heterocycles. The number of hydrogen-bond acceptors (Lipinski definition) is 7. The van der Waals surface area contributed by atoms with E-state index in [0.29, 0.717) is 19.3 Å². The van der Waals surface area contributed by atoms with Crippen molar-refractivity contribution in [2.45, 2.75) is 101 Å². The summed E-state index contributed by atoms with van der Waals surface area (Å²) >= 11 is 0. The molecule has 1 rings (SSSR count). The molecule has 6 atom stereocenters. The lowest BCUT2D eigenvalue weighted by atomic mass is 9.99. The lowest BCUT2D eigenvalue weighted by Gasteiger charge is -2.21. The smallest absolute Gasteiger partial charge is 0.136 e. The highest BCUT2D eigenvalue weighted by molar-refractivity contribution is 4.97. The summed E-state index contributed by atoms with van der Waals surface area (Å²) in [6.07, 6.45) is 5.23. The minimum absolute atomic E-state index is 0.140. The number of aliphatic hydroxyl groups excluding tert-OH is 5. The van der Waals surface area contributed by atoms with Crippen molar-refractivity contribution in [2.75, 3.05) is 13.7 Å². The Morgan fingerprint density at radius 1 is 0.840 bits per heavy atom. The van der Waals surface area contributed by atoms with E-state index in [1.807, 2.05) is 0 Å². The van der Waals surface area contributed by atoms with Crippen molar-refractivity contribution < 1.29 is 30.3 Å². The van der Waals surface area contributed by atoms with Gasteiger partial charge in [-0.15, -0.1) is 0 Å². The van der Waals surface area contributed by atoms with Gasteiger partial charge in [-0.05, 0) is 25.7 Å². The van der Waals surface area contributed by atoms with Gasteiger partial charge in [0.15, 0.2) is 0 Å². The Morgan fingerprint density at radius 2 is 1.40 bits per heavy atom. The van der Waals surface area contributed by atoms with E-state index in [1.165, 1.54) is 7.11 Å². The molecule has 0 aromatic rings. The molecule has 1 saturated heterocycles. The summed E-state index contributed by atoms with van der Waals surface area (Å²) in [7, 11) is 1.45. The third-order valence-corrected chi connectivity index (χ3v) is 5.04. The minimum atomic E-state index is -1.02. The first-order chi connectivity index (χ1) is 12.0. The van der Waals surface area contributed by atoms with Crippen LogP contribution in [-0.2, 0) is 4.74 Å². The van der Waals surface area contributed by atoms with Crippen molar-refractivity contribution in [1.82, 2.24) is 5.32 Å². The van der Waals surface area contributed by atoms with Crippen LogP contribution < -0.4 is 5.32 Å². The molecule has 0 radical (unpaired) electrons. The topological polar surface area (TPSA) is 122 Å². The van der Waals surface area contributed by atoms with E-state index in [9.17, 15) is 20.4 Å². The zero-order valence-corrected chi connectivity index (χ0v) is 15.4. The van der Waals surface area contributed by atoms with Gasteiger partial charge < -0.3 is 30.3 Å². The average Bonchev–Trinajstić information content (AvgIpc) is 2.90. The van der Waals surface area contributed by atoms with Gasteiger partial charge in [0.1, 0.15) is 18.4 Å². The third-order valence-electron chi connectivity index (χ3n) is 5.04. The fraction of sp³-hybridized carbons (Fsp3) is 1.00. The number of hydrogen-bond donors (Lipinski definition) is 6. The van der Waals surface area contributed by atoms with Crippen LogP contribution in [0.25, 0.3) is 0 Å². The van der Waals surface area contributed by atoms with Crippen molar-refractivity contribution >= 4 is 0 Å². The van der Waals surface area contributed by atoms with Crippen LogP contribution in [0.4, 0.5) is 0 Å². The van der Waals surface area contributed by atoms with Gasteiger partial charge in [-0.1, -0.05) is 38.5 Å². The second-order valence-corrected chi connectivity index (χ2v) is 7.12. The van der Waals surface area contributed by atoms with E-state index in [0.717, 1.165) is 44.9 Å². The van der Waals surface area contributed by atoms with Crippen LogP contribution in [0, 0.1) is 0 Å². The van der Waals surface area contributed by atoms with E-state index in [4.69, 9.17) is 9.84 Å². The molecule has 0 amide bonds. The van der Waals surface area contributed by atoms with Crippen molar-refractivity contribution in [2.24, 2.45) is 0 Å². The molecule has 1 fully saturated rings. The fourth-order valence-electron chi connectivity index (χ4n) is 3.42.